The molecule has 0 spiro atoms. The van der Waals surface area contributed by atoms with Gasteiger partial charge in [0.05, 0.1) is 12.6 Å². The summed E-state index contributed by atoms with van der Waals surface area (Å²) in [5.74, 6) is -0.327. The molecule has 0 fully saturated rings. The Bertz CT molecular complexity index is 646. The average molecular weight is 350 g/mol. The first-order valence-corrected chi connectivity index (χ1v) is 8.79. The maximum Gasteiger partial charge on any atom is 0.355 e. The van der Waals surface area contributed by atoms with Crippen LogP contribution < -0.4 is 0 Å². The van der Waals surface area contributed by atoms with Crippen LogP contribution in [0.25, 0.3) is 0 Å². The molecule has 1 aromatic rings. The van der Waals surface area contributed by atoms with E-state index in [1.54, 1.807) is 32.6 Å². The largest absolute Gasteiger partial charge is 0.461 e. The second-order valence-electron chi connectivity index (χ2n) is 6.78. The molecule has 0 aliphatic heterocycles. The number of rotatable bonds is 8. The Morgan fingerprint density at radius 2 is 1.76 bits per heavy atom. The van der Waals surface area contributed by atoms with Crippen molar-refractivity contribution < 1.29 is 19.1 Å². The number of aromatic amines is 1. The number of ether oxygens (including phenoxy) is 1. The summed E-state index contributed by atoms with van der Waals surface area (Å²) in [7, 11) is 0. The Morgan fingerprint density at radius 3 is 2.24 bits per heavy atom. The van der Waals surface area contributed by atoms with Gasteiger partial charge in [-0.25, -0.2) is 4.79 Å². The standard InChI is InChI=1S/C19H30N2O4/c1-8-25-19(24)17-12(4)16(13(5)20-17)18(23)14(6)21(15(7)22)10-9-11(2)3/h11,14,20H,8-10H2,1-7H3/t14-/m1/s1. The number of carbonyl (C=O) groups excluding carboxylic acids is 3. The fourth-order valence-corrected chi connectivity index (χ4v) is 2.90. The van der Waals surface area contributed by atoms with Gasteiger partial charge in [0.25, 0.3) is 0 Å². The molecule has 140 valence electrons. The van der Waals surface area contributed by atoms with Crippen molar-refractivity contribution in [3.63, 3.8) is 0 Å². The highest BCUT2D eigenvalue weighted by atomic mass is 16.5. The van der Waals surface area contributed by atoms with E-state index in [1.807, 2.05) is 0 Å². The van der Waals surface area contributed by atoms with E-state index in [-0.39, 0.29) is 18.3 Å². The summed E-state index contributed by atoms with van der Waals surface area (Å²) in [5, 5.41) is 0. The van der Waals surface area contributed by atoms with Gasteiger partial charge in [0.15, 0.2) is 5.78 Å². The summed E-state index contributed by atoms with van der Waals surface area (Å²) >= 11 is 0. The van der Waals surface area contributed by atoms with Crippen LogP contribution in [0.5, 0.6) is 0 Å². The first-order chi connectivity index (χ1) is 11.6. The topological polar surface area (TPSA) is 79.5 Å². The molecule has 6 heteroatoms. The maximum atomic E-state index is 13.0. The first-order valence-electron chi connectivity index (χ1n) is 8.79. The number of esters is 1. The van der Waals surface area contributed by atoms with Gasteiger partial charge in [-0.15, -0.1) is 0 Å². The Kier molecular flexibility index (Phi) is 7.39. The molecule has 0 bridgehead atoms. The number of ketones is 1. The molecule has 0 radical (unpaired) electrons. The van der Waals surface area contributed by atoms with Gasteiger partial charge >= 0.3 is 5.97 Å². The number of H-pyrrole nitrogens is 1. The third kappa shape index (κ3) is 4.94. The zero-order valence-corrected chi connectivity index (χ0v) is 16.4. The second-order valence-corrected chi connectivity index (χ2v) is 6.78. The molecule has 0 aliphatic rings. The molecule has 0 aromatic carbocycles. The lowest BCUT2D eigenvalue weighted by atomic mass is 9.99. The lowest BCUT2D eigenvalue weighted by Crippen LogP contribution is -2.43. The van der Waals surface area contributed by atoms with Crippen molar-refractivity contribution in [2.45, 2.75) is 60.9 Å². The van der Waals surface area contributed by atoms with E-state index in [1.165, 1.54) is 6.92 Å². The number of amides is 1. The summed E-state index contributed by atoms with van der Waals surface area (Å²) in [5.41, 5.74) is 1.95. The van der Waals surface area contributed by atoms with Crippen LogP contribution in [-0.2, 0) is 9.53 Å². The predicted molar refractivity (Wildman–Crippen MR) is 96.9 cm³/mol. The van der Waals surface area contributed by atoms with E-state index in [0.29, 0.717) is 35.0 Å². The van der Waals surface area contributed by atoms with Crippen molar-refractivity contribution in [2.75, 3.05) is 13.2 Å². The summed E-state index contributed by atoms with van der Waals surface area (Å²) in [6.45, 7) is 13.4. The van der Waals surface area contributed by atoms with Gasteiger partial charge in [-0.1, -0.05) is 13.8 Å². The summed E-state index contributed by atoms with van der Waals surface area (Å²) in [6.07, 6.45) is 0.830. The minimum Gasteiger partial charge on any atom is -0.461 e. The van der Waals surface area contributed by atoms with Gasteiger partial charge in [0.1, 0.15) is 5.69 Å². The second kappa shape index (κ2) is 8.83. The van der Waals surface area contributed by atoms with Crippen molar-refractivity contribution in [2.24, 2.45) is 5.92 Å². The number of Topliss-reactive ketones (excluding diaryl/α,β-unsaturated/α-hetero) is 1. The minimum absolute atomic E-state index is 0.127. The highest BCUT2D eigenvalue weighted by molar-refractivity contribution is 6.06. The molecule has 1 aromatic heterocycles. The zero-order chi connectivity index (χ0) is 19.3. The monoisotopic (exact) mass is 350 g/mol. The van der Waals surface area contributed by atoms with Crippen LogP contribution in [0, 0.1) is 19.8 Å². The van der Waals surface area contributed by atoms with Crippen molar-refractivity contribution in [1.82, 2.24) is 9.88 Å². The lowest BCUT2D eigenvalue weighted by Gasteiger charge is -2.28. The summed E-state index contributed by atoms with van der Waals surface area (Å²) < 4.78 is 5.02. The minimum atomic E-state index is -0.584. The van der Waals surface area contributed by atoms with Gasteiger partial charge in [-0.05, 0) is 45.6 Å². The van der Waals surface area contributed by atoms with E-state index in [2.05, 4.69) is 18.8 Å². The number of hydrogen-bond donors (Lipinski definition) is 1. The number of carbonyl (C=O) groups is 3. The quantitative estimate of drug-likeness (QED) is 0.576. The molecule has 1 N–H and O–H groups in total. The smallest absolute Gasteiger partial charge is 0.355 e. The van der Waals surface area contributed by atoms with Crippen LogP contribution in [0.4, 0.5) is 0 Å². The Morgan fingerprint density at radius 1 is 1.16 bits per heavy atom. The average Bonchev–Trinajstić information content (AvgIpc) is 2.81. The van der Waals surface area contributed by atoms with E-state index >= 15 is 0 Å². The Hall–Kier alpha value is -2.11. The number of nitrogens with zero attached hydrogens (tertiary/aromatic N) is 1. The van der Waals surface area contributed by atoms with Crippen LogP contribution in [0.3, 0.4) is 0 Å². The Labute approximate surface area is 149 Å². The van der Waals surface area contributed by atoms with Crippen molar-refractivity contribution >= 4 is 17.7 Å². The molecule has 1 rings (SSSR count). The summed E-state index contributed by atoms with van der Waals surface area (Å²) in [4.78, 5) is 41.6. The molecule has 1 amide bonds. The SMILES string of the molecule is CCOC(=O)c1[nH]c(C)c(C(=O)[C@@H](C)N(CCC(C)C)C(C)=O)c1C. The third-order valence-electron chi connectivity index (χ3n) is 4.36. The molecular weight excluding hydrogens is 320 g/mol. The number of hydrogen-bond acceptors (Lipinski definition) is 4. The number of aromatic nitrogens is 1. The van der Waals surface area contributed by atoms with Crippen LogP contribution in [0.15, 0.2) is 0 Å². The number of nitrogens with one attached hydrogen (secondary N) is 1. The van der Waals surface area contributed by atoms with Crippen molar-refractivity contribution in [3.8, 4) is 0 Å². The molecule has 0 aliphatic carbocycles. The Balaban J connectivity index is 3.12. The fourth-order valence-electron chi connectivity index (χ4n) is 2.90. The van der Waals surface area contributed by atoms with Gasteiger partial charge in [-0.3, -0.25) is 9.59 Å². The maximum absolute atomic E-state index is 13.0. The van der Waals surface area contributed by atoms with Gasteiger partial charge in [-0.2, -0.15) is 0 Å². The number of aryl methyl sites for hydroxylation is 1. The third-order valence-corrected chi connectivity index (χ3v) is 4.36. The normalized spacial score (nSPS) is 12.2. The molecule has 1 atom stereocenters. The van der Waals surface area contributed by atoms with Crippen LogP contribution in [0.1, 0.15) is 73.1 Å². The molecule has 0 unspecified atom stereocenters. The molecule has 0 saturated carbocycles. The van der Waals surface area contributed by atoms with E-state index in [9.17, 15) is 14.4 Å². The predicted octanol–water partition coefficient (Wildman–Crippen LogP) is 3.27. The van der Waals surface area contributed by atoms with E-state index < -0.39 is 12.0 Å². The van der Waals surface area contributed by atoms with Gasteiger partial charge < -0.3 is 14.6 Å². The molecule has 1 heterocycles. The van der Waals surface area contributed by atoms with Crippen LogP contribution in [-0.4, -0.2) is 46.7 Å². The van der Waals surface area contributed by atoms with Crippen LogP contribution >= 0.6 is 0 Å². The fraction of sp³-hybridized carbons (Fsp3) is 0.632. The van der Waals surface area contributed by atoms with Gasteiger partial charge in [0, 0.05) is 24.7 Å². The highest BCUT2D eigenvalue weighted by Crippen LogP contribution is 2.22. The zero-order valence-electron chi connectivity index (χ0n) is 16.4. The van der Waals surface area contributed by atoms with Crippen molar-refractivity contribution in [1.29, 1.82) is 0 Å². The molecule has 0 saturated heterocycles. The lowest BCUT2D eigenvalue weighted by molar-refractivity contribution is -0.130. The molecule has 6 nitrogen and oxygen atoms in total. The van der Waals surface area contributed by atoms with Crippen molar-refractivity contribution in [3.05, 3.63) is 22.5 Å². The summed E-state index contributed by atoms with van der Waals surface area (Å²) in [6, 6.07) is -0.584. The van der Waals surface area contributed by atoms with E-state index in [4.69, 9.17) is 4.74 Å². The molecular formula is C19H30N2O4. The van der Waals surface area contributed by atoms with E-state index in [0.717, 1.165) is 6.42 Å². The van der Waals surface area contributed by atoms with Crippen LogP contribution in [0.2, 0.25) is 0 Å². The first kappa shape index (κ1) is 20.9. The highest BCUT2D eigenvalue weighted by Gasteiger charge is 2.30. The van der Waals surface area contributed by atoms with Gasteiger partial charge in [0.2, 0.25) is 5.91 Å². The molecule has 25 heavy (non-hydrogen) atoms.